The fraction of sp³-hybridized carbons (Fsp3) is 0.452. The molecule has 6 N–H and O–H groups in total. The summed E-state index contributed by atoms with van der Waals surface area (Å²) in [5.74, 6) is -6.26. The van der Waals surface area contributed by atoms with Gasteiger partial charge < -0.3 is 27.0 Å². The highest BCUT2D eigenvalue weighted by atomic mass is 16.2. The van der Waals surface area contributed by atoms with Crippen LogP contribution >= 0.6 is 0 Å². The van der Waals surface area contributed by atoms with Gasteiger partial charge in [-0.05, 0) is 55.1 Å². The molecule has 0 saturated carbocycles. The minimum atomic E-state index is -2.19. The number of nitrogens with two attached hydrogens (primary N) is 1. The van der Waals surface area contributed by atoms with E-state index in [1.54, 1.807) is 32.0 Å². The van der Waals surface area contributed by atoms with Crippen LogP contribution in [0.3, 0.4) is 0 Å². The first kappa shape index (κ1) is 32.3. The fourth-order valence-corrected chi connectivity index (χ4v) is 5.87. The Morgan fingerprint density at radius 1 is 1.00 bits per heavy atom. The molecule has 0 bridgehead atoms. The molecule has 4 rings (SSSR count). The number of carbonyl (C=O) groups excluding carboxylic acids is 7. The molecule has 44 heavy (non-hydrogen) atoms. The molecule has 0 radical (unpaired) electrons. The number of imide groups is 1. The zero-order valence-corrected chi connectivity index (χ0v) is 25.0. The van der Waals surface area contributed by atoms with Crippen LogP contribution in [0.5, 0.6) is 0 Å². The van der Waals surface area contributed by atoms with Crippen LogP contribution < -0.4 is 27.0 Å². The van der Waals surface area contributed by atoms with E-state index >= 15 is 0 Å². The van der Waals surface area contributed by atoms with Gasteiger partial charge in [0.15, 0.2) is 11.3 Å². The van der Waals surface area contributed by atoms with E-state index in [4.69, 9.17) is 5.73 Å². The second kappa shape index (κ2) is 13.3. The van der Waals surface area contributed by atoms with Gasteiger partial charge in [0.1, 0.15) is 12.1 Å². The molecule has 2 aliphatic rings. The molecule has 4 atom stereocenters. The normalized spacial score (nSPS) is 21.5. The fourth-order valence-electron chi connectivity index (χ4n) is 5.87. The number of nitrogens with zero attached hydrogens (tertiary/aromatic N) is 1. The van der Waals surface area contributed by atoms with Gasteiger partial charge in [0, 0.05) is 18.5 Å². The number of ketones is 1. The lowest BCUT2D eigenvalue weighted by molar-refractivity contribution is -0.170. The Morgan fingerprint density at radius 2 is 1.70 bits per heavy atom. The van der Waals surface area contributed by atoms with Gasteiger partial charge in [-0.15, -0.1) is 0 Å². The molecule has 0 spiro atoms. The Kier molecular flexibility index (Phi) is 9.78. The first-order chi connectivity index (χ1) is 20.9. The van der Waals surface area contributed by atoms with E-state index in [1.165, 1.54) is 6.92 Å². The largest absolute Gasteiger partial charge is 0.370 e. The van der Waals surface area contributed by atoms with Crippen LogP contribution in [0.25, 0.3) is 10.8 Å². The molecule has 2 fully saturated rings. The topological polar surface area (TPSA) is 197 Å². The van der Waals surface area contributed by atoms with Gasteiger partial charge in [-0.3, -0.25) is 38.5 Å². The van der Waals surface area contributed by atoms with Crippen molar-refractivity contribution >= 4 is 57.7 Å². The number of Topliss-reactive ketones (excluding diaryl/α,β-unsaturated/α-hetero) is 1. The molecule has 2 aromatic carbocycles. The summed E-state index contributed by atoms with van der Waals surface area (Å²) in [7, 11) is 0. The van der Waals surface area contributed by atoms with Crippen LogP contribution in [0.4, 0.5) is 5.69 Å². The van der Waals surface area contributed by atoms with E-state index in [-0.39, 0.29) is 12.8 Å². The molecular weight excluding hydrogens is 568 g/mol. The lowest BCUT2D eigenvalue weighted by Gasteiger charge is -2.46. The van der Waals surface area contributed by atoms with Crippen molar-refractivity contribution < 1.29 is 33.6 Å². The van der Waals surface area contributed by atoms with Crippen molar-refractivity contribution in [2.24, 2.45) is 11.7 Å². The Morgan fingerprint density at radius 3 is 2.34 bits per heavy atom. The van der Waals surface area contributed by atoms with Gasteiger partial charge in [0.2, 0.25) is 23.6 Å². The van der Waals surface area contributed by atoms with Crippen molar-refractivity contribution in [1.82, 2.24) is 20.9 Å². The number of carbonyl (C=O) groups is 7. The Bertz CT molecular complexity index is 1500. The first-order valence-corrected chi connectivity index (χ1v) is 14.7. The second-order valence-corrected chi connectivity index (χ2v) is 11.5. The maximum atomic E-state index is 14.0. The van der Waals surface area contributed by atoms with Crippen LogP contribution in [0, 0.1) is 5.92 Å². The molecule has 0 aliphatic carbocycles. The molecule has 234 valence electrons. The summed E-state index contributed by atoms with van der Waals surface area (Å²) in [5.41, 5.74) is 3.49. The van der Waals surface area contributed by atoms with Gasteiger partial charge in [-0.2, -0.15) is 0 Å². The molecule has 2 saturated heterocycles. The summed E-state index contributed by atoms with van der Waals surface area (Å²) in [6.07, 6.45) is 0.253. The number of benzene rings is 2. The third-order valence-corrected chi connectivity index (χ3v) is 8.15. The van der Waals surface area contributed by atoms with Crippen molar-refractivity contribution in [2.75, 3.05) is 11.9 Å². The van der Waals surface area contributed by atoms with Crippen molar-refractivity contribution in [3.8, 4) is 0 Å². The third kappa shape index (κ3) is 6.47. The number of rotatable bonds is 10. The van der Waals surface area contributed by atoms with Crippen molar-refractivity contribution in [3.63, 3.8) is 0 Å². The zero-order valence-electron chi connectivity index (χ0n) is 25.0. The molecule has 2 aliphatic heterocycles. The van der Waals surface area contributed by atoms with Gasteiger partial charge in [-0.1, -0.05) is 44.2 Å². The number of hydrogen-bond acceptors (Lipinski definition) is 8. The van der Waals surface area contributed by atoms with E-state index in [9.17, 15) is 33.6 Å². The minimum Gasteiger partial charge on any atom is -0.370 e. The number of fused-ring (bicyclic) bond motifs is 1. The Hall–Kier alpha value is -4.65. The SMILES string of the molecule is CC(C)[C@]1(C(=O)Nc2ccc3ccccc3c2)C(=O)CCC(=O)N1C(=O)[C@H](C)NC(=O)[C@H](CC(N)=O)NC(=O)C1CCCN1. The van der Waals surface area contributed by atoms with Gasteiger partial charge in [0.25, 0.3) is 11.8 Å². The zero-order chi connectivity index (χ0) is 32.2. The summed E-state index contributed by atoms with van der Waals surface area (Å²) in [5, 5.41) is 12.4. The van der Waals surface area contributed by atoms with Crippen LogP contribution in [0.2, 0.25) is 0 Å². The van der Waals surface area contributed by atoms with Crippen LogP contribution in [0.1, 0.15) is 52.9 Å². The predicted octanol–water partition coefficient (Wildman–Crippen LogP) is 0.508. The molecule has 2 aromatic rings. The standard InChI is InChI=1S/C31H38N6O7/c1-17(2)31(30(44)35-21-11-10-19-7-4-5-8-20(19)15-21)24(38)12-13-26(40)37(31)29(43)18(3)34-28(42)23(16-25(32)39)36-27(41)22-9-6-14-33-22/h4-5,7-8,10-11,15,17-18,22-23,33H,6,9,12-14,16H2,1-3H3,(H2,32,39)(H,34,42)(H,35,44)(H,36,41)/t18-,22?,23-,31+/m0/s1. The molecule has 2 heterocycles. The molecular formula is C31H38N6O7. The predicted molar refractivity (Wildman–Crippen MR) is 161 cm³/mol. The van der Waals surface area contributed by atoms with Crippen LogP contribution in [0.15, 0.2) is 42.5 Å². The minimum absolute atomic E-state index is 0.241. The summed E-state index contributed by atoms with van der Waals surface area (Å²) in [6.45, 7) is 5.05. The maximum absolute atomic E-state index is 14.0. The molecule has 1 unspecified atom stereocenters. The molecule has 13 heteroatoms. The average Bonchev–Trinajstić information content (AvgIpc) is 3.52. The lowest BCUT2D eigenvalue weighted by Crippen LogP contribution is -2.72. The van der Waals surface area contributed by atoms with Gasteiger partial charge in [0.05, 0.1) is 12.5 Å². The number of piperidine rings is 1. The maximum Gasteiger partial charge on any atom is 0.258 e. The average molecular weight is 607 g/mol. The van der Waals surface area contributed by atoms with Crippen molar-refractivity contribution in [3.05, 3.63) is 42.5 Å². The van der Waals surface area contributed by atoms with E-state index in [1.807, 2.05) is 24.3 Å². The smallest absolute Gasteiger partial charge is 0.258 e. The highest BCUT2D eigenvalue weighted by molar-refractivity contribution is 6.23. The van der Waals surface area contributed by atoms with E-state index in [0.29, 0.717) is 23.6 Å². The van der Waals surface area contributed by atoms with Gasteiger partial charge >= 0.3 is 0 Å². The van der Waals surface area contributed by atoms with Crippen LogP contribution in [-0.4, -0.2) is 76.3 Å². The van der Waals surface area contributed by atoms with E-state index in [0.717, 1.165) is 17.2 Å². The Balaban J connectivity index is 1.59. The Labute approximate surface area is 254 Å². The van der Waals surface area contributed by atoms with E-state index < -0.39 is 77.2 Å². The lowest BCUT2D eigenvalue weighted by atomic mass is 9.75. The molecule has 6 amide bonds. The number of likely N-dealkylation sites (tertiary alicyclic amines) is 1. The highest BCUT2D eigenvalue weighted by Gasteiger charge is 2.59. The number of nitrogens with one attached hydrogen (secondary N) is 4. The molecule has 13 nitrogen and oxygen atoms in total. The summed E-state index contributed by atoms with van der Waals surface area (Å²) in [4.78, 5) is 93.0. The first-order valence-electron chi connectivity index (χ1n) is 14.7. The van der Waals surface area contributed by atoms with Gasteiger partial charge in [-0.25, -0.2) is 0 Å². The number of primary amides is 1. The number of hydrogen-bond donors (Lipinski definition) is 5. The van der Waals surface area contributed by atoms with E-state index in [2.05, 4.69) is 21.3 Å². The summed E-state index contributed by atoms with van der Waals surface area (Å²) >= 11 is 0. The van der Waals surface area contributed by atoms with Crippen LogP contribution in [-0.2, 0) is 33.6 Å². The monoisotopic (exact) mass is 606 g/mol. The molecule has 0 aromatic heterocycles. The quantitative estimate of drug-likeness (QED) is 0.241. The number of anilines is 1. The highest BCUT2D eigenvalue weighted by Crippen LogP contribution is 2.35. The van der Waals surface area contributed by atoms with Crippen molar-refractivity contribution in [2.45, 2.75) is 76.5 Å². The second-order valence-electron chi connectivity index (χ2n) is 11.5. The summed E-state index contributed by atoms with van der Waals surface area (Å²) < 4.78 is 0. The third-order valence-electron chi connectivity index (χ3n) is 8.15. The number of amides is 6. The van der Waals surface area contributed by atoms with Crippen molar-refractivity contribution in [1.29, 1.82) is 0 Å². The summed E-state index contributed by atoms with van der Waals surface area (Å²) in [6, 6.07) is 9.31.